The van der Waals surface area contributed by atoms with Crippen LogP contribution in [0.4, 0.5) is 5.82 Å². The molecule has 0 aliphatic rings. The Kier molecular flexibility index (Phi) is 4.97. The lowest BCUT2D eigenvalue weighted by Gasteiger charge is -2.10. The molecule has 0 aliphatic heterocycles. The Balaban J connectivity index is 1.62. The van der Waals surface area contributed by atoms with Gasteiger partial charge in [-0.2, -0.15) is 10.2 Å². The second-order valence-electron chi connectivity index (χ2n) is 6.40. The first-order valence-corrected chi connectivity index (χ1v) is 9.70. The van der Waals surface area contributed by atoms with Crippen molar-refractivity contribution in [3.63, 3.8) is 0 Å². The average molecular weight is 477 g/mol. The van der Waals surface area contributed by atoms with Gasteiger partial charge in [-0.15, -0.1) is 0 Å². The third kappa shape index (κ3) is 3.68. The highest BCUT2D eigenvalue weighted by Crippen LogP contribution is 2.20. The quantitative estimate of drug-likeness (QED) is 0.488. The van der Waals surface area contributed by atoms with E-state index in [4.69, 9.17) is 11.6 Å². The van der Waals surface area contributed by atoms with Gasteiger partial charge in [-0.1, -0.05) is 17.7 Å². The normalized spacial score (nSPS) is 11.2. The molecule has 0 saturated heterocycles. The molecule has 0 saturated carbocycles. The number of hydrogen-bond donors (Lipinski definition) is 1. The van der Waals surface area contributed by atoms with Crippen LogP contribution in [0.5, 0.6) is 0 Å². The van der Waals surface area contributed by atoms with Crippen LogP contribution in [0.15, 0.2) is 46.1 Å². The van der Waals surface area contributed by atoms with Crippen LogP contribution in [0, 0.1) is 6.92 Å². The smallest absolute Gasteiger partial charge is 0.266 e. The lowest BCUT2D eigenvalue weighted by atomic mass is 10.3. The van der Waals surface area contributed by atoms with E-state index >= 15 is 0 Å². The van der Waals surface area contributed by atoms with Crippen LogP contribution in [0.2, 0.25) is 5.02 Å². The molecule has 11 heteroatoms. The monoisotopic (exact) mass is 475 g/mol. The molecule has 1 amide bonds. The van der Waals surface area contributed by atoms with Crippen LogP contribution in [-0.4, -0.2) is 35.0 Å². The second-order valence-corrected chi connectivity index (χ2v) is 7.59. The largest absolute Gasteiger partial charge is 0.309 e. The van der Waals surface area contributed by atoms with Crippen LogP contribution in [0.3, 0.4) is 0 Å². The highest BCUT2D eigenvalue weighted by Gasteiger charge is 2.16. The number of benzene rings is 1. The van der Waals surface area contributed by atoms with Gasteiger partial charge >= 0.3 is 0 Å². The predicted molar refractivity (Wildman–Crippen MR) is 112 cm³/mol. The Morgan fingerprint density at radius 3 is 2.83 bits per heavy atom. The van der Waals surface area contributed by atoms with Gasteiger partial charge in [0.25, 0.3) is 5.56 Å². The van der Waals surface area contributed by atoms with Gasteiger partial charge in [0, 0.05) is 18.1 Å². The summed E-state index contributed by atoms with van der Waals surface area (Å²) in [6.07, 6.45) is 1.33. The van der Waals surface area contributed by atoms with E-state index < -0.39 is 5.91 Å². The number of carbonyl (C=O) groups excluding carboxylic acids is 1. The number of carbonyl (C=O) groups is 1. The fraction of sp³-hybridized carbons (Fsp3) is 0.167. The van der Waals surface area contributed by atoms with Crippen LogP contribution in [0.1, 0.15) is 5.69 Å². The van der Waals surface area contributed by atoms with Crippen LogP contribution >= 0.6 is 27.5 Å². The summed E-state index contributed by atoms with van der Waals surface area (Å²) in [4.78, 5) is 29.6. The van der Waals surface area contributed by atoms with E-state index in [1.807, 2.05) is 13.0 Å². The number of fused-ring (bicyclic) bond motifs is 1. The number of nitrogens with zero attached hydrogens (tertiary/aromatic N) is 6. The minimum atomic E-state index is -0.392. The fourth-order valence-corrected chi connectivity index (χ4v) is 3.75. The second kappa shape index (κ2) is 7.45. The number of anilines is 1. The first kappa shape index (κ1) is 19.3. The van der Waals surface area contributed by atoms with Crippen molar-refractivity contribution in [1.82, 2.24) is 29.1 Å². The maximum absolute atomic E-state index is 12.7. The van der Waals surface area contributed by atoms with Crippen molar-refractivity contribution in [3.05, 3.63) is 62.3 Å². The maximum Gasteiger partial charge on any atom is 0.266 e. The Bertz CT molecular complexity index is 1310. The molecule has 29 heavy (non-hydrogen) atoms. The van der Waals surface area contributed by atoms with Crippen molar-refractivity contribution in [2.45, 2.75) is 13.5 Å². The molecule has 0 radical (unpaired) electrons. The molecule has 3 heterocycles. The van der Waals surface area contributed by atoms with Gasteiger partial charge in [0.1, 0.15) is 28.7 Å². The molecular formula is C18H15BrClN7O2. The van der Waals surface area contributed by atoms with Crippen molar-refractivity contribution < 1.29 is 4.79 Å². The van der Waals surface area contributed by atoms with Gasteiger partial charge in [0.05, 0.1) is 11.4 Å². The van der Waals surface area contributed by atoms with E-state index in [0.29, 0.717) is 32.2 Å². The third-order valence-electron chi connectivity index (χ3n) is 4.23. The molecule has 1 aromatic carbocycles. The summed E-state index contributed by atoms with van der Waals surface area (Å²) in [6, 6.07) is 8.86. The van der Waals surface area contributed by atoms with Crippen molar-refractivity contribution in [2.75, 3.05) is 5.32 Å². The molecule has 3 aromatic heterocycles. The number of hydrogen-bond acceptors (Lipinski definition) is 5. The van der Waals surface area contributed by atoms with Crippen molar-refractivity contribution >= 4 is 50.3 Å². The molecule has 0 spiro atoms. The summed E-state index contributed by atoms with van der Waals surface area (Å²) < 4.78 is 4.70. The minimum absolute atomic E-state index is 0.205. The van der Waals surface area contributed by atoms with Crippen molar-refractivity contribution in [2.24, 2.45) is 7.05 Å². The summed E-state index contributed by atoms with van der Waals surface area (Å²) in [5.41, 5.74) is 1.51. The molecule has 9 nitrogen and oxygen atoms in total. The van der Waals surface area contributed by atoms with E-state index in [-0.39, 0.29) is 12.1 Å². The number of nitrogens with one attached hydrogen (secondary N) is 1. The Morgan fingerprint density at radius 2 is 2.07 bits per heavy atom. The molecule has 0 bridgehead atoms. The highest BCUT2D eigenvalue weighted by molar-refractivity contribution is 9.10. The molecule has 0 atom stereocenters. The zero-order valence-corrected chi connectivity index (χ0v) is 17.8. The lowest BCUT2D eigenvalue weighted by Crippen LogP contribution is -2.28. The summed E-state index contributed by atoms with van der Waals surface area (Å²) in [7, 11) is 1.69. The van der Waals surface area contributed by atoms with Gasteiger partial charge in [-0.3, -0.25) is 14.2 Å². The zero-order valence-electron chi connectivity index (χ0n) is 15.4. The summed E-state index contributed by atoms with van der Waals surface area (Å²) in [5.74, 6) is 0.0795. The number of amides is 1. The van der Waals surface area contributed by atoms with E-state index in [2.05, 4.69) is 36.4 Å². The van der Waals surface area contributed by atoms with Crippen molar-refractivity contribution in [3.8, 4) is 5.69 Å². The average Bonchev–Trinajstić information content (AvgIpc) is 3.16. The topological polar surface area (TPSA) is 99.6 Å². The zero-order chi connectivity index (χ0) is 20.7. The molecule has 0 fully saturated rings. The summed E-state index contributed by atoms with van der Waals surface area (Å²) >= 11 is 9.32. The van der Waals surface area contributed by atoms with E-state index in [1.165, 1.54) is 15.6 Å². The van der Waals surface area contributed by atoms with E-state index in [9.17, 15) is 9.59 Å². The van der Waals surface area contributed by atoms with Gasteiger partial charge in [-0.05, 0) is 41.1 Å². The Morgan fingerprint density at radius 1 is 1.28 bits per heavy atom. The van der Waals surface area contributed by atoms with Gasteiger partial charge in [-0.25, -0.2) is 14.3 Å². The number of aromatic nitrogens is 6. The predicted octanol–water partition coefficient (Wildman–Crippen LogP) is 2.68. The Hall–Kier alpha value is -2.98. The first-order chi connectivity index (χ1) is 13.8. The fourth-order valence-electron chi connectivity index (χ4n) is 2.98. The molecule has 148 valence electrons. The molecule has 0 unspecified atom stereocenters. The highest BCUT2D eigenvalue weighted by atomic mass is 79.9. The molecule has 4 aromatic rings. The van der Waals surface area contributed by atoms with Crippen LogP contribution in [0.25, 0.3) is 16.7 Å². The third-order valence-corrected chi connectivity index (χ3v) is 5.02. The molecule has 4 rings (SSSR count). The molecular weight excluding hydrogens is 462 g/mol. The summed E-state index contributed by atoms with van der Waals surface area (Å²) in [5, 5.41) is 12.2. The van der Waals surface area contributed by atoms with Gasteiger partial charge < -0.3 is 5.32 Å². The summed E-state index contributed by atoms with van der Waals surface area (Å²) in [6.45, 7) is 1.61. The first-order valence-electron chi connectivity index (χ1n) is 8.53. The van der Waals surface area contributed by atoms with Gasteiger partial charge in [0.2, 0.25) is 5.91 Å². The minimum Gasteiger partial charge on any atom is -0.309 e. The number of halogens is 2. The lowest BCUT2D eigenvalue weighted by molar-refractivity contribution is -0.116. The van der Waals surface area contributed by atoms with Crippen LogP contribution in [-0.2, 0) is 18.4 Å². The maximum atomic E-state index is 12.7. The molecule has 1 N–H and O–H groups in total. The number of rotatable bonds is 4. The van der Waals surface area contributed by atoms with Crippen LogP contribution < -0.4 is 10.9 Å². The van der Waals surface area contributed by atoms with Crippen molar-refractivity contribution in [1.29, 1.82) is 0 Å². The molecule has 0 aliphatic carbocycles. The standard InChI is InChI=1S/C18H15BrClN7O2/c1-10-6-13(27(23-10)12-5-3-4-11(20)7-12)22-14(28)8-26-9-21-17-15(18(26)29)16(19)24-25(17)2/h3-7,9H,8H2,1-2H3,(H,22,28). The SMILES string of the molecule is Cc1cc(NC(=O)Cn2cnc3c(c(Br)nn3C)c2=O)n(-c2cccc(Cl)c2)n1. The number of aryl methyl sites for hydroxylation is 2. The Labute approximate surface area is 178 Å². The van der Waals surface area contributed by atoms with Gasteiger partial charge in [0.15, 0.2) is 5.65 Å². The van der Waals surface area contributed by atoms with E-state index in [0.717, 1.165) is 5.69 Å². The van der Waals surface area contributed by atoms with E-state index in [1.54, 1.807) is 36.0 Å².